The summed E-state index contributed by atoms with van der Waals surface area (Å²) < 4.78 is 0. The fourth-order valence-corrected chi connectivity index (χ4v) is 1.17. The predicted octanol–water partition coefficient (Wildman–Crippen LogP) is 2.27. The molecular formula is C12H11CoN2O+. The molecule has 1 aromatic carbocycles. The maximum atomic E-state index is 7.58. The molecule has 1 aromatic heterocycles. The molecule has 0 amide bonds. The Kier molecular flexibility index (Phi) is 4.69. The van der Waals surface area contributed by atoms with E-state index >= 15 is 0 Å². The van der Waals surface area contributed by atoms with Crippen molar-refractivity contribution < 1.29 is 21.9 Å². The van der Waals surface area contributed by atoms with Gasteiger partial charge in [-0.2, -0.15) is 0 Å². The molecule has 0 atom stereocenters. The Morgan fingerprint density at radius 3 is 2.50 bits per heavy atom. The molecular weight excluding hydrogens is 247 g/mol. The van der Waals surface area contributed by atoms with Crippen LogP contribution in [0.5, 0.6) is 5.75 Å². The van der Waals surface area contributed by atoms with Gasteiger partial charge in [0.1, 0.15) is 0 Å². The van der Waals surface area contributed by atoms with Gasteiger partial charge < -0.3 is 5.11 Å². The second-order valence-electron chi connectivity index (χ2n) is 3.03. The van der Waals surface area contributed by atoms with Crippen LogP contribution in [0, 0.1) is 0 Å². The van der Waals surface area contributed by atoms with Crippen molar-refractivity contribution in [1.82, 2.24) is 4.98 Å². The molecule has 1 radical (unpaired) electrons. The van der Waals surface area contributed by atoms with Gasteiger partial charge in [-0.3, -0.25) is 4.99 Å². The van der Waals surface area contributed by atoms with Crippen LogP contribution in [0.3, 0.4) is 0 Å². The molecule has 0 unspecified atom stereocenters. The van der Waals surface area contributed by atoms with E-state index in [4.69, 9.17) is 5.11 Å². The zero-order chi connectivity index (χ0) is 10.5. The standard InChI is InChI=1S/C12H10N2O.Co/c15-12-7-4-8-13-11(12)9-14-10-5-2-1-3-6-10;/h1-9,15H;/p+1. The van der Waals surface area contributed by atoms with Gasteiger partial charge in [-0.1, -0.05) is 18.2 Å². The molecule has 0 fully saturated rings. The van der Waals surface area contributed by atoms with Gasteiger partial charge in [-0.05, 0) is 18.2 Å². The Morgan fingerprint density at radius 1 is 1.06 bits per heavy atom. The minimum atomic E-state index is 0. The van der Waals surface area contributed by atoms with Crippen molar-refractivity contribution in [2.24, 2.45) is 4.99 Å². The van der Waals surface area contributed by atoms with Crippen LogP contribution in [-0.2, 0) is 16.8 Å². The minimum absolute atomic E-state index is 0. The molecule has 3 nitrogen and oxygen atoms in total. The number of hydrogen-bond donors (Lipinski definition) is 0. The van der Waals surface area contributed by atoms with Gasteiger partial charge in [-0.15, -0.1) is 0 Å². The molecule has 0 aliphatic rings. The van der Waals surface area contributed by atoms with Crippen molar-refractivity contribution in [3.63, 3.8) is 0 Å². The summed E-state index contributed by atoms with van der Waals surface area (Å²) >= 11 is 0. The predicted molar refractivity (Wildman–Crippen MR) is 61.0 cm³/mol. The van der Waals surface area contributed by atoms with Crippen LogP contribution in [0.2, 0.25) is 0 Å². The summed E-state index contributed by atoms with van der Waals surface area (Å²) in [6, 6.07) is 13.0. The van der Waals surface area contributed by atoms with E-state index < -0.39 is 0 Å². The van der Waals surface area contributed by atoms with E-state index in [9.17, 15) is 0 Å². The Labute approximate surface area is 104 Å². The van der Waals surface area contributed by atoms with Crippen molar-refractivity contribution >= 4 is 11.9 Å². The zero-order valence-electron chi connectivity index (χ0n) is 8.42. The van der Waals surface area contributed by atoms with E-state index in [-0.39, 0.29) is 16.8 Å². The summed E-state index contributed by atoms with van der Waals surface area (Å²) in [5, 5.41) is 7.58. The average molecular weight is 258 g/mol. The number of aromatic nitrogens is 1. The number of benzene rings is 1. The van der Waals surface area contributed by atoms with E-state index in [0.29, 0.717) is 11.4 Å². The number of nitrogens with zero attached hydrogens (tertiary/aromatic N) is 2. The largest absolute Gasteiger partial charge is 0.592 e. The van der Waals surface area contributed by atoms with E-state index in [0.717, 1.165) is 5.69 Å². The number of aliphatic imine (C=N–C) groups is 1. The van der Waals surface area contributed by atoms with Gasteiger partial charge >= 0.3 is 0 Å². The number of para-hydroxylation sites is 1. The summed E-state index contributed by atoms with van der Waals surface area (Å²) in [6.45, 7) is 0. The molecule has 2 aromatic rings. The van der Waals surface area contributed by atoms with Crippen LogP contribution in [0.25, 0.3) is 0 Å². The van der Waals surface area contributed by atoms with Crippen LogP contribution in [0.4, 0.5) is 5.69 Å². The summed E-state index contributed by atoms with van der Waals surface area (Å²) in [4.78, 5) is 8.29. The molecule has 83 valence electrons. The van der Waals surface area contributed by atoms with Gasteiger partial charge in [0.15, 0.2) is 5.69 Å². The van der Waals surface area contributed by atoms with E-state index in [1.165, 1.54) is 0 Å². The maximum absolute atomic E-state index is 7.58. The van der Waals surface area contributed by atoms with Crippen molar-refractivity contribution in [1.29, 1.82) is 0 Å². The Balaban J connectivity index is 0.00000128. The second kappa shape index (κ2) is 6.04. The zero-order valence-corrected chi connectivity index (χ0v) is 9.46. The molecule has 1 heterocycles. The summed E-state index contributed by atoms with van der Waals surface area (Å²) in [6.07, 6.45) is 3.27. The fraction of sp³-hybridized carbons (Fsp3) is 0. The smallest absolute Gasteiger partial charge is 0.281 e. The van der Waals surface area contributed by atoms with E-state index in [2.05, 4.69) is 9.98 Å². The first-order chi connectivity index (χ1) is 7.36. The molecule has 0 bridgehead atoms. The van der Waals surface area contributed by atoms with Gasteiger partial charge in [0.05, 0.1) is 11.9 Å². The summed E-state index contributed by atoms with van der Waals surface area (Å²) in [7, 11) is 0. The molecule has 0 aliphatic carbocycles. The van der Waals surface area contributed by atoms with E-state index in [1.54, 1.807) is 24.5 Å². The van der Waals surface area contributed by atoms with Crippen molar-refractivity contribution in [3.05, 3.63) is 54.4 Å². The van der Waals surface area contributed by atoms with Crippen LogP contribution >= 0.6 is 0 Å². The third kappa shape index (κ3) is 3.18. The first-order valence-corrected chi connectivity index (χ1v) is 4.62. The SMILES string of the molecule is [Co].[OH2+]c1cccnc1C=Nc1ccccc1. The monoisotopic (exact) mass is 258 g/mol. The van der Waals surface area contributed by atoms with Crippen LogP contribution < -0.4 is 0 Å². The average Bonchev–Trinajstić information content (AvgIpc) is 2.29. The summed E-state index contributed by atoms with van der Waals surface area (Å²) in [5.41, 5.74) is 1.45. The minimum Gasteiger partial charge on any atom is -0.592 e. The maximum Gasteiger partial charge on any atom is 0.281 e. The second-order valence-corrected chi connectivity index (χ2v) is 3.03. The van der Waals surface area contributed by atoms with Crippen molar-refractivity contribution in [3.8, 4) is 5.75 Å². The van der Waals surface area contributed by atoms with Gasteiger partial charge in [0.25, 0.3) is 5.75 Å². The molecule has 16 heavy (non-hydrogen) atoms. The van der Waals surface area contributed by atoms with Gasteiger partial charge in [0.2, 0.25) is 0 Å². The first kappa shape index (κ1) is 12.4. The fourth-order valence-electron chi connectivity index (χ4n) is 1.17. The number of rotatable bonds is 2. The quantitative estimate of drug-likeness (QED) is 0.602. The molecule has 0 aliphatic heterocycles. The number of pyridine rings is 1. The Bertz CT molecular complexity index is 471. The summed E-state index contributed by atoms with van der Waals surface area (Å²) in [5.74, 6) is 0.386. The van der Waals surface area contributed by atoms with Crippen molar-refractivity contribution in [2.45, 2.75) is 0 Å². The molecule has 2 rings (SSSR count). The van der Waals surface area contributed by atoms with Crippen molar-refractivity contribution in [2.75, 3.05) is 0 Å². The van der Waals surface area contributed by atoms with Crippen LogP contribution in [0.15, 0.2) is 53.7 Å². The molecule has 0 saturated heterocycles. The normalized spacial score (nSPS) is 10.0. The van der Waals surface area contributed by atoms with Gasteiger partial charge in [0, 0.05) is 29.0 Å². The first-order valence-electron chi connectivity index (χ1n) is 4.62. The Hall–Kier alpha value is -1.65. The molecule has 4 heteroatoms. The van der Waals surface area contributed by atoms with Crippen LogP contribution in [-0.4, -0.2) is 16.3 Å². The molecule has 0 saturated carbocycles. The van der Waals surface area contributed by atoms with E-state index in [1.807, 2.05) is 30.3 Å². The van der Waals surface area contributed by atoms with Crippen LogP contribution in [0.1, 0.15) is 5.69 Å². The number of hydrogen-bond acceptors (Lipinski definition) is 2. The third-order valence-corrected chi connectivity index (χ3v) is 1.93. The topological polar surface area (TPSA) is 48.1 Å². The van der Waals surface area contributed by atoms with Gasteiger partial charge in [-0.25, -0.2) is 4.98 Å². The Morgan fingerprint density at radius 2 is 1.81 bits per heavy atom. The molecule has 2 N–H and O–H groups in total. The molecule has 0 spiro atoms. The third-order valence-electron chi connectivity index (χ3n) is 1.93.